The molecule has 2 aromatic rings. The van der Waals surface area contributed by atoms with E-state index in [1.807, 2.05) is 18.2 Å². The van der Waals surface area contributed by atoms with Crippen molar-refractivity contribution in [2.45, 2.75) is 26.3 Å². The van der Waals surface area contributed by atoms with Crippen LogP contribution in [0.3, 0.4) is 0 Å². The minimum absolute atomic E-state index is 0.0237. The van der Waals surface area contributed by atoms with Crippen molar-refractivity contribution in [3.63, 3.8) is 0 Å². The van der Waals surface area contributed by atoms with E-state index in [1.165, 1.54) is 11.1 Å². The highest BCUT2D eigenvalue weighted by molar-refractivity contribution is 5.94. The third-order valence-corrected chi connectivity index (χ3v) is 5.14. The zero-order chi connectivity index (χ0) is 22.8. The molecular formula is C25H37N5O. The molecule has 0 heterocycles. The number of aliphatic imine (C=N–C) groups is 1. The Hall–Kier alpha value is -2.86. The van der Waals surface area contributed by atoms with E-state index in [0.717, 1.165) is 36.6 Å². The molecular weight excluding hydrogens is 386 g/mol. The molecule has 0 saturated carbocycles. The summed E-state index contributed by atoms with van der Waals surface area (Å²) in [5.41, 5.74) is 4.37. The van der Waals surface area contributed by atoms with Gasteiger partial charge in [0.1, 0.15) is 0 Å². The summed E-state index contributed by atoms with van der Waals surface area (Å²) in [5.74, 6) is 0.831. The number of carbonyl (C=O) groups is 1. The molecule has 2 rings (SSSR count). The maximum atomic E-state index is 12.2. The van der Waals surface area contributed by atoms with E-state index in [1.54, 1.807) is 19.0 Å². The summed E-state index contributed by atoms with van der Waals surface area (Å²) in [6, 6.07) is 16.7. The second-order valence-electron chi connectivity index (χ2n) is 8.19. The number of amides is 1. The molecule has 0 radical (unpaired) electrons. The van der Waals surface area contributed by atoms with Crippen LogP contribution >= 0.6 is 0 Å². The smallest absolute Gasteiger partial charge is 0.253 e. The number of guanidine groups is 1. The Labute approximate surface area is 187 Å². The first-order valence-electron chi connectivity index (χ1n) is 10.9. The Morgan fingerprint density at radius 2 is 1.74 bits per heavy atom. The van der Waals surface area contributed by atoms with Crippen molar-refractivity contribution in [1.29, 1.82) is 0 Å². The van der Waals surface area contributed by atoms with Gasteiger partial charge in [-0.05, 0) is 57.6 Å². The minimum atomic E-state index is 0.0237. The van der Waals surface area contributed by atoms with Crippen molar-refractivity contribution in [2.24, 2.45) is 4.99 Å². The lowest BCUT2D eigenvalue weighted by molar-refractivity contribution is 0.0827. The molecule has 0 bridgehead atoms. The number of hydrogen-bond donors (Lipinski definition) is 2. The first-order valence-corrected chi connectivity index (χ1v) is 10.9. The van der Waals surface area contributed by atoms with Crippen molar-refractivity contribution in [3.8, 4) is 0 Å². The number of rotatable bonds is 9. The summed E-state index contributed by atoms with van der Waals surface area (Å²) in [5, 5.41) is 6.75. The Morgan fingerprint density at radius 1 is 1.03 bits per heavy atom. The second kappa shape index (κ2) is 12.1. The lowest BCUT2D eigenvalue weighted by Crippen LogP contribution is -2.39. The molecule has 0 aromatic heterocycles. The number of nitrogens with one attached hydrogen (secondary N) is 2. The van der Waals surface area contributed by atoms with Gasteiger partial charge in [-0.3, -0.25) is 9.79 Å². The van der Waals surface area contributed by atoms with Gasteiger partial charge in [0, 0.05) is 32.7 Å². The summed E-state index contributed by atoms with van der Waals surface area (Å²) in [6.07, 6.45) is 0.814. The Bertz CT molecular complexity index is 858. The Morgan fingerprint density at radius 3 is 2.35 bits per heavy atom. The van der Waals surface area contributed by atoms with Gasteiger partial charge in [0.15, 0.2) is 5.96 Å². The lowest BCUT2D eigenvalue weighted by Gasteiger charge is -2.24. The topological polar surface area (TPSA) is 60.0 Å². The summed E-state index contributed by atoms with van der Waals surface area (Å²) < 4.78 is 0. The monoisotopic (exact) mass is 423 g/mol. The van der Waals surface area contributed by atoms with Gasteiger partial charge in [-0.1, -0.05) is 42.0 Å². The van der Waals surface area contributed by atoms with Crippen molar-refractivity contribution in [1.82, 2.24) is 20.4 Å². The molecule has 6 nitrogen and oxygen atoms in total. The van der Waals surface area contributed by atoms with Crippen LogP contribution in [0.15, 0.2) is 53.5 Å². The SMILES string of the molecule is CCNC(=NCC(c1ccc(C)cc1)N(C)C)NCCc1cccc(C(=O)N(C)C)c1. The van der Waals surface area contributed by atoms with Crippen LogP contribution in [-0.4, -0.2) is 69.5 Å². The quantitative estimate of drug-likeness (QED) is 0.481. The first-order chi connectivity index (χ1) is 14.8. The van der Waals surface area contributed by atoms with Crippen molar-refractivity contribution >= 4 is 11.9 Å². The van der Waals surface area contributed by atoms with E-state index in [4.69, 9.17) is 4.99 Å². The number of likely N-dealkylation sites (N-methyl/N-ethyl adjacent to an activating group) is 1. The summed E-state index contributed by atoms with van der Waals surface area (Å²) >= 11 is 0. The van der Waals surface area contributed by atoms with Crippen LogP contribution in [0.5, 0.6) is 0 Å². The molecule has 0 aliphatic rings. The van der Waals surface area contributed by atoms with E-state index in [0.29, 0.717) is 6.54 Å². The van der Waals surface area contributed by atoms with E-state index in [2.05, 4.69) is 73.8 Å². The Kier molecular flexibility index (Phi) is 9.53. The largest absolute Gasteiger partial charge is 0.357 e. The minimum Gasteiger partial charge on any atom is -0.357 e. The maximum absolute atomic E-state index is 12.2. The van der Waals surface area contributed by atoms with Crippen LogP contribution < -0.4 is 10.6 Å². The summed E-state index contributed by atoms with van der Waals surface area (Å²) in [7, 11) is 7.71. The molecule has 1 atom stereocenters. The number of benzene rings is 2. The molecule has 0 spiro atoms. The molecule has 6 heteroatoms. The summed E-state index contributed by atoms with van der Waals surface area (Å²) in [6.45, 7) is 6.37. The van der Waals surface area contributed by atoms with Gasteiger partial charge in [-0.25, -0.2) is 0 Å². The molecule has 0 aliphatic heterocycles. The van der Waals surface area contributed by atoms with E-state index >= 15 is 0 Å². The molecule has 0 saturated heterocycles. The molecule has 2 N–H and O–H groups in total. The lowest BCUT2D eigenvalue weighted by atomic mass is 10.0. The average Bonchev–Trinajstić information content (AvgIpc) is 2.74. The fourth-order valence-electron chi connectivity index (χ4n) is 3.32. The molecule has 0 fully saturated rings. The van der Waals surface area contributed by atoms with Crippen molar-refractivity contribution in [3.05, 3.63) is 70.8 Å². The fraction of sp³-hybridized carbons (Fsp3) is 0.440. The highest BCUT2D eigenvalue weighted by atomic mass is 16.2. The highest BCUT2D eigenvalue weighted by Crippen LogP contribution is 2.19. The van der Waals surface area contributed by atoms with E-state index in [9.17, 15) is 4.79 Å². The van der Waals surface area contributed by atoms with Gasteiger partial charge in [0.25, 0.3) is 5.91 Å². The van der Waals surface area contributed by atoms with Crippen LogP contribution in [0, 0.1) is 6.92 Å². The fourth-order valence-corrected chi connectivity index (χ4v) is 3.32. The predicted molar refractivity (Wildman–Crippen MR) is 130 cm³/mol. The summed E-state index contributed by atoms with van der Waals surface area (Å²) in [4.78, 5) is 20.8. The third-order valence-electron chi connectivity index (χ3n) is 5.14. The molecule has 168 valence electrons. The zero-order valence-electron chi connectivity index (χ0n) is 19.8. The number of aryl methyl sites for hydroxylation is 1. The van der Waals surface area contributed by atoms with E-state index in [-0.39, 0.29) is 11.9 Å². The normalized spacial score (nSPS) is 12.5. The van der Waals surface area contributed by atoms with Gasteiger partial charge in [-0.15, -0.1) is 0 Å². The van der Waals surface area contributed by atoms with E-state index < -0.39 is 0 Å². The maximum Gasteiger partial charge on any atom is 0.253 e. The first kappa shape index (κ1) is 24.4. The number of carbonyl (C=O) groups excluding carboxylic acids is 1. The van der Waals surface area contributed by atoms with Crippen LogP contribution in [0.25, 0.3) is 0 Å². The molecule has 0 aliphatic carbocycles. The van der Waals surface area contributed by atoms with Crippen LogP contribution in [-0.2, 0) is 6.42 Å². The van der Waals surface area contributed by atoms with Crippen LogP contribution in [0.1, 0.15) is 40.0 Å². The van der Waals surface area contributed by atoms with Crippen LogP contribution in [0.2, 0.25) is 0 Å². The third kappa shape index (κ3) is 7.72. The van der Waals surface area contributed by atoms with Gasteiger partial charge in [-0.2, -0.15) is 0 Å². The van der Waals surface area contributed by atoms with Gasteiger partial charge in [0.05, 0.1) is 12.6 Å². The number of nitrogens with zero attached hydrogens (tertiary/aromatic N) is 3. The van der Waals surface area contributed by atoms with Crippen molar-refractivity contribution < 1.29 is 4.79 Å². The highest BCUT2D eigenvalue weighted by Gasteiger charge is 2.14. The van der Waals surface area contributed by atoms with Crippen LogP contribution in [0.4, 0.5) is 0 Å². The van der Waals surface area contributed by atoms with Crippen molar-refractivity contribution in [2.75, 3.05) is 47.8 Å². The second-order valence-corrected chi connectivity index (χ2v) is 8.19. The molecule has 1 amide bonds. The zero-order valence-corrected chi connectivity index (χ0v) is 19.8. The predicted octanol–water partition coefficient (Wildman–Crippen LogP) is 3.10. The molecule has 31 heavy (non-hydrogen) atoms. The standard InChI is InChI=1S/C25H37N5O/c1-7-26-25(28-18-23(29(3)4)21-13-11-19(2)12-14-21)27-16-15-20-9-8-10-22(17-20)24(31)30(5)6/h8-14,17,23H,7,15-16,18H2,1-6H3,(H2,26,27,28). The molecule has 2 aromatic carbocycles. The average molecular weight is 424 g/mol. The number of hydrogen-bond acceptors (Lipinski definition) is 3. The molecule has 1 unspecified atom stereocenters. The Balaban J connectivity index is 2.00. The van der Waals surface area contributed by atoms with Gasteiger partial charge >= 0.3 is 0 Å². The van der Waals surface area contributed by atoms with Gasteiger partial charge < -0.3 is 20.4 Å². The van der Waals surface area contributed by atoms with Gasteiger partial charge in [0.2, 0.25) is 0 Å².